The summed E-state index contributed by atoms with van der Waals surface area (Å²) in [6, 6.07) is 7.71. The fourth-order valence-corrected chi connectivity index (χ4v) is 2.10. The maximum atomic E-state index is 10.1. The van der Waals surface area contributed by atoms with Crippen molar-refractivity contribution in [2.75, 3.05) is 4.43 Å². The van der Waals surface area contributed by atoms with Gasteiger partial charge in [-0.2, -0.15) is 4.99 Å². The highest BCUT2D eigenvalue weighted by molar-refractivity contribution is 14.1. The number of benzene rings is 1. The minimum Gasteiger partial charge on any atom is -0.211 e. The van der Waals surface area contributed by atoms with Gasteiger partial charge in [0.25, 0.3) is 0 Å². The van der Waals surface area contributed by atoms with E-state index in [1.54, 1.807) is 6.08 Å². The van der Waals surface area contributed by atoms with E-state index in [0.717, 1.165) is 14.5 Å². The zero-order chi connectivity index (χ0) is 9.68. The topological polar surface area (TPSA) is 29.4 Å². The average molecular weight is 352 g/mol. The summed E-state index contributed by atoms with van der Waals surface area (Å²) in [6.07, 6.45) is 1.59. The first kappa shape index (κ1) is 10.9. The van der Waals surface area contributed by atoms with E-state index in [0.29, 0.717) is 0 Å². The molecule has 0 saturated heterocycles. The third kappa shape index (κ3) is 3.21. The number of nitrogens with zero attached hydrogens (tertiary/aromatic N) is 1. The molecule has 1 aromatic carbocycles. The molecule has 0 radical (unpaired) electrons. The van der Waals surface area contributed by atoms with Gasteiger partial charge in [-0.1, -0.05) is 50.7 Å². The Bertz CT molecular complexity index is 336. The summed E-state index contributed by atoms with van der Waals surface area (Å²) < 4.78 is 1.78. The van der Waals surface area contributed by atoms with Gasteiger partial charge >= 0.3 is 0 Å². The molecule has 0 aliphatic heterocycles. The summed E-state index contributed by atoms with van der Waals surface area (Å²) in [6.45, 7) is 0. The van der Waals surface area contributed by atoms with E-state index in [2.05, 4.69) is 43.5 Å². The minimum atomic E-state index is -0.0735. The first-order valence-corrected chi connectivity index (χ1v) is 5.98. The molecule has 1 rings (SSSR count). The number of halogens is 2. The molecule has 0 aliphatic carbocycles. The van der Waals surface area contributed by atoms with E-state index in [4.69, 9.17) is 0 Å². The van der Waals surface area contributed by atoms with E-state index in [-0.39, 0.29) is 6.04 Å². The molecule has 13 heavy (non-hydrogen) atoms. The monoisotopic (exact) mass is 351 g/mol. The van der Waals surface area contributed by atoms with E-state index in [1.807, 2.05) is 24.3 Å². The van der Waals surface area contributed by atoms with Gasteiger partial charge in [0.15, 0.2) is 0 Å². The molecule has 0 fully saturated rings. The van der Waals surface area contributed by atoms with Crippen molar-refractivity contribution in [2.45, 2.75) is 6.04 Å². The van der Waals surface area contributed by atoms with Gasteiger partial charge in [0.2, 0.25) is 6.08 Å². The van der Waals surface area contributed by atoms with Crippen LogP contribution in [0.15, 0.2) is 33.7 Å². The first-order valence-electron chi connectivity index (χ1n) is 3.66. The maximum absolute atomic E-state index is 10.1. The van der Waals surface area contributed by atoms with Gasteiger partial charge in [-0.15, -0.1) is 0 Å². The Balaban J connectivity index is 2.97. The molecule has 0 bridgehead atoms. The van der Waals surface area contributed by atoms with Crippen LogP contribution in [0.5, 0.6) is 0 Å². The quantitative estimate of drug-likeness (QED) is 0.356. The summed E-state index contributed by atoms with van der Waals surface area (Å²) in [5, 5.41) is 0. The Labute approximate surface area is 98.7 Å². The molecular formula is C9H7BrINO. The van der Waals surface area contributed by atoms with Crippen LogP contribution in [0.1, 0.15) is 11.6 Å². The molecule has 0 saturated carbocycles. The molecular weight excluding hydrogens is 345 g/mol. The minimum absolute atomic E-state index is 0.0735. The van der Waals surface area contributed by atoms with Crippen molar-refractivity contribution in [1.82, 2.24) is 0 Å². The Morgan fingerprint density at radius 2 is 2.38 bits per heavy atom. The van der Waals surface area contributed by atoms with Crippen molar-refractivity contribution in [1.29, 1.82) is 0 Å². The van der Waals surface area contributed by atoms with Gasteiger partial charge in [-0.05, 0) is 17.7 Å². The molecule has 0 amide bonds. The highest BCUT2D eigenvalue weighted by Crippen LogP contribution is 2.22. The Morgan fingerprint density at radius 1 is 1.62 bits per heavy atom. The van der Waals surface area contributed by atoms with E-state index in [1.165, 1.54) is 0 Å². The van der Waals surface area contributed by atoms with Gasteiger partial charge in [-0.25, -0.2) is 4.79 Å². The molecule has 1 unspecified atom stereocenters. The number of hydrogen-bond donors (Lipinski definition) is 0. The lowest BCUT2D eigenvalue weighted by molar-refractivity contribution is 0.560. The molecule has 4 heteroatoms. The van der Waals surface area contributed by atoms with E-state index >= 15 is 0 Å². The highest BCUT2D eigenvalue weighted by Gasteiger charge is 2.07. The molecule has 2 nitrogen and oxygen atoms in total. The summed E-state index contributed by atoms with van der Waals surface area (Å²) >= 11 is 5.57. The SMILES string of the molecule is O=C=NC(CI)c1cccc(Br)c1. The zero-order valence-corrected chi connectivity index (χ0v) is 10.4. The number of hydrogen-bond acceptors (Lipinski definition) is 2. The van der Waals surface area contributed by atoms with Crippen LogP contribution in [0.25, 0.3) is 0 Å². The second kappa shape index (κ2) is 5.52. The number of alkyl halides is 1. The molecule has 0 aromatic heterocycles. The Kier molecular flexibility index (Phi) is 4.62. The van der Waals surface area contributed by atoms with Crippen molar-refractivity contribution in [3.05, 3.63) is 34.3 Å². The third-order valence-corrected chi connectivity index (χ3v) is 2.92. The van der Waals surface area contributed by atoms with Gasteiger partial charge in [0.05, 0.1) is 6.04 Å². The Morgan fingerprint density at radius 3 is 2.92 bits per heavy atom. The van der Waals surface area contributed by atoms with Crippen LogP contribution in [-0.4, -0.2) is 10.5 Å². The number of carbonyl (C=O) groups excluding carboxylic acids is 1. The molecule has 0 N–H and O–H groups in total. The van der Waals surface area contributed by atoms with Gasteiger partial charge in [-0.3, -0.25) is 0 Å². The lowest BCUT2D eigenvalue weighted by Crippen LogP contribution is -1.95. The molecule has 0 aliphatic rings. The summed E-state index contributed by atoms with van der Waals surface area (Å²) in [5.74, 6) is 0. The van der Waals surface area contributed by atoms with Crippen molar-refractivity contribution in [3.8, 4) is 0 Å². The number of isocyanates is 1. The summed E-state index contributed by atoms with van der Waals surface area (Å²) in [4.78, 5) is 13.8. The maximum Gasteiger partial charge on any atom is 0.235 e. The molecule has 1 aromatic rings. The van der Waals surface area contributed by atoms with Crippen molar-refractivity contribution in [3.63, 3.8) is 0 Å². The molecule has 0 spiro atoms. The van der Waals surface area contributed by atoms with E-state index in [9.17, 15) is 4.79 Å². The smallest absolute Gasteiger partial charge is 0.211 e. The molecule has 0 heterocycles. The number of aliphatic imine (C=N–C) groups is 1. The second-order valence-electron chi connectivity index (χ2n) is 2.45. The second-order valence-corrected chi connectivity index (χ2v) is 4.24. The lowest BCUT2D eigenvalue weighted by Gasteiger charge is -2.06. The summed E-state index contributed by atoms with van der Waals surface area (Å²) in [5.41, 5.74) is 1.03. The van der Waals surface area contributed by atoms with Gasteiger partial charge < -0.3 is 0 Å². The predicted octanol–water partition coefficient (Wildman–Crippen LogP) is 3.26. The standard InChI is InChI=1S/C9H7BrINO/c10-8-3-1-2-7(4-8)9(5-11)12-6-13/h1-4,9H,5H2. The highest BCUT2D eigenvalue weighted by atomic mass is 127. The summed E-state index contributed by atoms with van der Waals surface area (Å²) in [7, 11) is 0. The van der Waals surface area contributed by atoms with Crippen LogP contribution in [-0.2, 0) is 4.79 Å². The fourth-order valence-electron chi connectivity index (χ4n) is 0.976. The normalized spacial score (nSPS) is 11.8. The largest absolute Gasteiger partial charge is 0.235 e. The predicted molar refractivity (Wildman–Crippen MR) is 63.9 cm³/mol. The molecule has 68 valence electrons. The fraction of sp³-hybridized carbons (Fsp3) is 0.222. The lowest BCUT2D eigenvalue weighted by atomic mass is 10.1. The van der Waals surface area contributed by atoms with Crippen LogP contribution in [0, 0.1) is 0 Å². The van der Waals surface area contributed by atoms with Crippen molar-refractivity contribution >= 4 is 44.6 Å². The number of rotatable bonds is 3. The van der Waals surface area contributed by atoms with Crippen molar-refractivity contribution < 1.29 is 4.79 Å². The zero-order valence-electron chi connectivity index (χ0n) is 6.71. The van der Waals surface area contributed by atoms with E-state index < -0.39 is 0 Å². The Hall–Kier alpha value is -0.190. The van der Waals surface area contributed by atoms with Gasteiger partial charge in [0, 0.05) is 8.90 Å². The first-order chi connectivity index (χ1) is 6.27. The van der Waals surface area contributed by atoms with Crippen LogP contribution >= 0.6 is 38.5 Å². The van der Waals surface area contributed by atoms with Crippen LogP contribution < -0.4 is 0 Å². The van der Waals surface area contributed by atoms with Crippen LogP contribution in [0.2, 0.25) is 0 Å². The molecule has 1 atom stereocenters. The average Bonchev–Trinajstić information content (AvgIpc) is 2.14. The van der Waals surface area contributed by atoms with Crippen LogP contribution in [0.4, 0.5) is 0 Å². The van der Waals surface area contributed by atoms with Gasteiger partial charge in [0.1, 0.15) is 0 Å². The van der Waals surface area contributed by atoms with Crippen LogP contribution in [0.3, 0.4) is 0 Å². The third-order valence-electron chi connectivity index (χ3n) is 1.59. The van der Waals surface area contributed by atoms with Crippen molar-refractivity contribution in [2.24, 2.45) is 4.99 Å².